The number of nitrogens with one attached hydrogen (secondary N) is 1. The van der Waals surface area contributed by atoms with Gasteiger partial charge in [-0.1, -0.05) is 0 Å². The van der Waals surface area contributed by atoms with E-state index in [2.05, 4.69) is 4.74 Å². The summed E-state index contributed by atoms with van der Waals surface area (Å²) in [6.07, 6.45) is -3.02. The molecule has 1 aromatic rings. The Morgan fingerprint density at radius 1 is 1.62 bits per heavy atom. The van der Waals surface area contributed by atoms with Crippen LogP contribution in [0.25, 0.3) is 0 Å². The molecule has 0 amide bonds. The molecule has 1 heterocycles. The molecule has 1 rings (SSSR count). The van der Waals surface area contributed by atoms with Crippen molar-refractivity contribution in [2.45, 2.75) is 13.3 Å². The molecule has 2 N–H and O–H groups in total. The van der Waals surface area contributed by atoms with Crippen LogP contribution in [0.4, 0.5) is 8.78 Å². The Kier molecular flexibility index (Phi) is 3.60. The van der Waals surface area contributed by atoms with Crippen molar-refractivity contribution in [3.8, 4) is 5.75 Å². The van der Waals surface area contributed by atoms with Crippen molar-refractivity contribution >= 4 is 5.97 Å². The number of halogens is 2. The predicted octanol–water partition coefficient (Wildman–Crippen LogP) is 1.19. The first kappa shape index (κ1) is 12.2. The van der Waals surface area contributed by atoms with E-state index in [1.807, 2.05) is 4.98 Å². The van der Waals surface area contributed by atoms with Crippen LogP contribution < -0.4 is 5.56 Å². The molecular formula is C9H9F2NO4. The average Bonchev–Trinajstić information content (AvgIpc) is 2.20. The van der Waals surface area contributed by atoms with Gasteiger partial charge >= 0.3 is 5.97 Å². The Labute approximate surface area is 88.7 Å². The smallest absolute Gasteiger partial charge is 0.358 e. The lowest BCUT2D eigenvalue weighted by molar-refractivity contribution is 0.0514. The zero-order chi connectivity index (χ0) is 12.3. The molecule has 0 aromatic carbocycles. The molecule has 7 heteroatoms. The molecule has 1 aromatic heterocycles. The van der Waals surface area contributed by atoms with Crippen LogP contribution in [0.15, 0.2) is 10.9 Å². The molecule has 88 valence electrons. The van der Waals surface area contributed by atoms with Crippen molar-refractivity contribution in [2.75, 3.05) is 6.61 Å². The van der Waals surface area contributed by atoms with Gasteiger partial charge in [0.05, 0.1) is 12.2 Å². The maximum atomic E-state index is 12.2. The van der Waals surface area contributed by atoms with Gasteiger partial charge in [-0.3, -0.25) is 4.79 Å². The standard InChI is InChI=1S/C9H9F2NO4/c1-2-16-9(15)6-5(13)3-4(7(10)11)8(14)12-6/h3,7,13H,2H2,1H3,(H,12,14). The first-order valence-electron chi connectivity index (χ1n) is 4.38. The number of esters is 1. The number of aromatic amines is 1. The summed E-state index contributed by atoms with van der Waals surface area (Å²) in [5.74, 6) is -1.72. The van der Waals surface area contributed by atoms with Crippen LogP contribution >= 0.6 is 0 Å². The van der Waals surface area contributed by atoms with Gasteiger partial charge in [-0.2, -0.15) is 0 Å². The average molecular weight is 233 g/mol. The highest BCUT2D eigenvalue weighted by Gasteiger charge is 2.19. The third-order valence-corrected chi connectivity index (χ3v) is 1.76. The van der Waals surface area contributed by atoms with Gasteiger partial charge in [-0.05, 0) is 13.0 Å². The lowest BCUT2D eigenvalue weighted by atomic mass is 10.2. The van der Waals surface area contributed by atoms with E-state index >= 15 is 0 Å². The number of alkyl halides is 2. The molecular weight excluding hydrogens is 224 g/mol. The lowest BCUT2D eigenvalue weighted by Crippen LogP contribution is -2.18. The summed E-state index contributed by atoms with van der Waals surface area (Å²) in [5, 5.41) is 9.26. The summed E-state index contributed by atoms with van der Waals surface area (Å²) >= 11 is 0. The number of aromatic hydroxyl groups is 1. The van der Waals surface area contributed by atoms with E-state index in [0.29, 0.717) is 6.07 Å². The van der Waals surface area contributed by atoms with Crippen molar-refractivity contribution in [1.29, 1.82) is 0 Å². The molecule has 16 heavy (non-hydrogen) atoms. The van der Waals surface area contributed by atoms with Crippen molar-refractivity contribution in [3.63, 3.8) is 0 Å². The largest absolute Gasteiger partial charge is 0.505 e. The number of ether oxygens (including phenoxy) is 1. The molecule has 0 fully saturated rings. The Bertz CT molecular complexity index is 455. The number of aromatic nitrogens is 1. The number of rotatable bonds is 3. The number of H-pyrrole nitrogens is 1. The minimum Gasteiger partial charge on any atom is -0.505 e. The fraction of sp³-hybridized carbons (Fsp3) is 0.333. The summed E-state index contributed by atoms with van der Waals surface area (Å²) in [6.45, 7) is 1.57. The van der Waals surface area contributed by atoms with Crippen molar-refractivity contribution in [2.24, 2.45) is 0 Å². The van der Waals surface area contributed by atoms with E-state index < -0.39 is 35.0 Å². The number of hydrogen-bond acceptors (Lipinski definition) is 4. The maximum Gasteiger partial charge on any atom is 0.358 e. The molecule has 0 saturated carbocycles. The second-order valence-electron chi connectivity index (χ2n) is 2.84. The SMILES string of the molecule is CCOC(=O)c1[nH]c(=O)c(C(F)F)cc1O. The molecule has 0 aliphatic rings. The Hall–Kier alpha value is -1.92. The van der Waals surface area contributed by atoms with E-state index in [0.717, 1.165) is 0 Å². The number of hydrogen-bond donors (Lipinski definition) is 2. The molecule has 0 aliphatic heterocycles. The van der Waals surface area contributed by atoms with Crippen molar-refractivity contribution in [1.82, 2.24) is 4.98 Å². The lowest BCUT2D eigenvalue weighted by Gasteiger charge is -2.05. The fourth-order valence-corrected chi connectivity index (χ4v) is 1.06. The third kappa shape index (κ3) is 2.36. The Balaban J connectivity index is 3.21. The molecule has 0 bridgehead atoms. The first-order valence-corrected chi connectivity index (χ1v) is 4.38. The van der Waals surface area contributed by atoms with E-state index in [4.69, 9.17) is 0 Å². The van der Waals surface area contributed by atoms with E-state index in [9.17, 15) is 23.5 Å². The minimum atomic E-state index is -3.02. The summed E-state index contributed by atoms with van der Waals surface area (Å²) in [4.78, 5) is 24.1. The summed E-state index contributed by atoms with van der Waals surface area (Å²) in [7, 11) is 0. The van der Waals surface area contributed by atoms with Gasteiger partial charge in [0, 0.05) is 0 Å². The van der Waals surface area contributed by atoms with Gasteiger partial charge in [0.2, 0.25) is 0 Å². The van der Waals surface area contributed by atoms with E-state index in [-0.39, 0.29) is 6.61 Å². The van der Waals surface area contributed by atoms with Gasteiger partial charge in [-0.15, -0.1) is 0 Å². The Morgan fingerprint density at radius 2 is 2.25 bits per heavy atom. The van der Waals surface area contributed by atoms with Crippen molar-refractivity contribution in [3.05, 3.63) is 27.7 Å². The molecule has 0 spiro atoms. The van der Waals surface area contributed by atoms with Crippen LogP contribution in [0.5, 0.6) is 5.75 Å². The fourth-order valence-electron chi connectivity index (χ4n) is 1.06. The van der Waals surface area contributed by atoms with Gasteiger partial charge in [0.15, 0.2) is 5.69 Å². The van der Waals surface area contributed by atoms with Crippen LogP contribution in [-0.2, 0) is 4.74 Å². The van der Waals surface area contributed by atoms with Crippen LogP contribution in [0.1, 0.15) is 29.4 Å². The molecule has 0 unspecified atom stereocenters. The summed E-state index contributed by atoms with van der Waals surface area (Å²) in [6, 6.07) is 0.551. The second kappa shape index (κ2) is 4.73. The van der Waals surface area contributed by atoms with Crippen LogP contribution in [0.2, 0.25) is 0 Å². The Morgan fingerprint density at radius 3 is 2.75 bits per heavy atom. The van der Waals surface area contributed by atoms with Crippen LogP contribution in [0.3, 0.4) is 0 Å². The highest BCUT2D eigenvalue weighted by molar-refractivity contribution is 5.90. The summed E-state index contributed by atoms with van der Waals surface area (Å²) < 4.78 is 29.0. The molecule has 0 atom stereocenters. The highest BCUT2D eigenvalue weighted by Crippen LogP contribution is 2.21. The molecule has 0 aliphatic carbocycles. The molecule has 0 radical (unpaired) electrons. The van der Waals surface area contributed by atoms with Gasteiger partial charge in [-0.25, -0.2) is 13.6 Å². The topological polar surface area (TPSA) is 79.4 Å². The van der Waals surface area contributed by atoms with Crippen LogP contribution in [0, 0.1) is 0 Å². The molecule has 5 nitrogen and oxygen atoms in total. The maximum absolute atomic E-state index is 12.2. The third-order valence-electron chi connectivity index (χ3n) is 1.76. The second-order valence-corrected chi connectivity index (χ2v) is 2.84. The quantitative estimate of drug-likeness (QED) is 0.768. The summed E-state index contributed by atoms with van der Waals surface area (Å²) in [5.41, 5.74) is -2.56. The normalized spacial score (nSPS) is 10.5. The monoisotopic (exact) mass is 233 g/mol. The van der Waals surface area contributed by atoms with Crippen molar-refractivity contribution < 1.29 is 23.4 Å². The first-order chi connectivity index (χ1) is 7.47. The zero-order valence-electron chi connectivity index (χ0n) is 8.29. The minimum absolute atomic E-state index is 0.0386. The van der Waals surface area contributed by atoms with Gasteiger partial charge in [0.1, 0.15) is 5.75 Å². The van der Waals surface area contributed by atoms with Crippen LogP contribution in [-0.4, -0.2) is 22.7 Å². The highest BCUT2D eigenvalue weighted by atomic mass is 19.3. The van der Waals surface area contributed by atoms with E-state index in [1.165, 1.54) is 6.92 Å². The number of pyridine rings is 1. The van der Waals surface area contributed by atoms with Gasteiger partial charge in [0.25, 0.3) is 12.0 Å². The van der Waals surface area contributed by atoms with E-state index in [1.54, 1.807) is 0 Å². The molecule has 0 saturated heterocycles. The number of carbonyl (C=O) groups is 1. The zero-order valence-corrected chi connectivity index (χ0v) is 8.29. The van der Waals surface area contributed by atoms with Gasteiger partial charge < -0.3 is 14.8 Å². The number of carbonyl (C=O) groups excluding carboxylic acids is 1. The predicted molar refractivity (Wildman–Crippen MR) is 49.6 cm³/mol.